The van der Waals surface area contributed by atoms with E-state index in [2.05, 4.69) is 50.5 Å². The second-order valence-corrected chi connectivity index (χ2v) is 7.73. The first-order valence-electron chi connectivity index (χ1n) is 6.63. The van der Waals surface area contributed by atoms with Gasteiger partial charge >= 0.3 is 6.09 Å². The van der Waals surface area contributed by atoms with Gasteiger partial charge in [-0.1, -0.05) is 6.92 Å². The van der Waals surface area contributed by atoms with Gasteiger partial charge in [-0.2, -0.15) is 5.10 Å². The normalized spacial score (nSPS) is 18.9. The Labute approximate surface area is 141 Å². The lowest BCUT2D eigenvalue weighted by Gasteiger charge is -2.36. The van der Waals surface area contributed by atoms with Gasteiger partial charge in [0, 0.05) is 0 Å². The maximum Gasteiger partial charge on any atom is 0.410 e. The van der Waals surface area contributed by atoms with Gasteiger partial charge in [-0.25, -0.2) is 4.79 Å². The van der Waals surface area contributed by atoms with E-state index in [1.807, 2.05) is 30.4 Å². The molecule has 2 rings (SSSR count). The highest BCUT2D eigenvalue weighted by atomic mass is 127. The molecule has 1 aliphatic heterocycles. The van der Waals surface area contributed by atoms with Gasteiger partial charge in [0.15, 0.2) is 0 Å². The van der Waals surface area contributed by atoms with Gasteiger partial charge in [-0.15, -0.1) is 0 Å². The van der Waals surface area contributed by atoms with Gasteiger partial charge in [0.1, 0.15) is 10.2 Å². The maximum absolute atomic E-state index is 12.4. The second kappa shape index (κ2) is 5.82. The van der Waals surface area contributed by atoms with Crippen LogP contribution < -0.4 is 0 Å². The van der Waals surface area contributed by atoms with Crippen molar-refractivity contribution in [1.82, 2.24) is 14.7 Å². The van der Waals surface area contributed by atoms with Crippen LogP contribution >= 0.6 is 38.5 Å². The summed E-state index contributed by atoms with van der Waals surface area (Å²) in [6.07, 6.45) is 0.635. The van der Waals surface area contributed by atoms with E-state index < -0.39 is 5.60 Å². The third-order valence-electron chi connectivity index (χ3n) is 3.20. The molecule has 0 saturated carbocycles. The Balaban J connectivity index is 2.25. The highest BCUT2D eigenvalue weighted by Gasteiger charge is 2.34. The zero-order valence-electron chi connectivity index (χ0n) is 12.1. The van der Waals surface area contributed by atoms with E-state index in [0.717, 1.165) is 20.3 Å². The molecule has 0 N–H and O–H groups in total. The minimum atomic E-state index is -0.471. The van der Waals surface area contributed by atoms with Crippen molar-refractivity contribution in [2.75, 3.05) is 0 Å². The standard InChI is InChI=1S/C13H19BrIN3O2/c1-5-8-6-18-9(10(15)11(14)16-18)7-17(8)12(19)20-13(2,3)4/h8H,5-7H2,1-4H3. The molecule has 5 nitrogen and oxygen atoms in total. The molecule has 1 unspecified atom stereocenters. The Morgan fingerprint density at radius 3 is 2.75 bits per heavy atom. The van der Waals surface area contributed by atoms with E-state index >= 15 is 0 Å². The van der Waals surface area contributed by atoms with Crippen LogP contribution in [0.15, 0.2) is 4.60 Å². The molecule has 2 heterocycles. The second-order valence-electron chi connectivity index (χ2n) is 5.90. The van der Waals surface area contributed by atoms with Gasteiger partial charge in [0.05, 0.1) is 28.4 Å². The summed E-state index contributed by atoms with van der Waals surface area (Å²) < 4.78 is 9.40. The zero-order chi connectivity index (χ0) is 15.1. The molecule has 0 saturated heterocycles. The first-order chi connectivity index (χ1) is 9.23. The summed E-state index contributed by atoms with van der Waals surface area (Å²) in [4.78, 5) is 14.2. The predicted octanol–water partition coefficient (Wildman–Crippen LogP) is 3.78. The summed E-state index contributed by atoms with van der Waals surface area (Å²) in [7, 11) is 0. The van der Waals surface area contributed by atoms with Crippen molar-refractivity contribution in [2.45, 2.75) is 58.8 Å². The molecule has 0 fully saturated rings. The molecular weight excluding hydrogens is 437 g/mol. The zero-order valence-corrected chi connectivity index (χ0v) is 15.9. The van der Waals surface area contributed by atoms with Gasteiger partial charge in [-0.3, -0.25) is 9.58 Å². The van der Waals surface area contributed by atoms with Crippen LogP contribution in [0.2, 0.25) is 0 Å². The van der Waals surface area contributed by atoms with Gasteiger partial charge < -0.3 is 4.74 Å². The third-order valence-corrected chi connectivity index (χ3v) is 5.63. The summed E-state index contributed by atoms with van der Waals surface area (Å²) in [5.41, 5.74) is 0.592. The fraction of sp³-hybridized carbons (Fsp3) is 0.692. The number of hydrogen-bond acceptors (Lipinski definition) is 3. The Bertz CT molecular complexity index is 524. The topological polar surface area (TPSA) is 47.4 Å². The Hall–Kier alpha value is -0.310. The van der Waals surface area contributed by atoms with Crippen molar-refractivity contribution in [1.29, 1.82) is 0 Å². The van der Waals surface area contributed by atoms with Crippen molar-refractivity contribution in [3.63, 3.8) is 0 Å². The Kier molecular flexibility index (Phi) is 4.68. The van der Waals surface area contributed by atoms with Crippen molar-refractivity contribution in [3.05, 3.63) is 13.9 Å². The number of nitrogens with zero attached hydrogens (tertiary/aromatic N) is 3. The van der Waals surface area contributed by atoms with Gasteiger partial charge in [0.25, 0.3) is 0 Å². The molecule has 0 radical (unpaired) electrons. The highest BCUT2D eigenvalue weighted by molar-refractivity contribution is 14.1. The van der Waals surface area contributed by atoms with Crippen LogP contribution in [-0.4, -0.2) is 32.4 Å². The molecular formula is C13H19BrIN3O2. The van der Waals surface area contributed by atoms with Crippen molar-refractivity contribution >= 4 is 44.6 Å². The smallest absolute Gasteiger partial charge is 0.410 e. The van der Waals surface area contributed by atoms with Crippen LogP contribution in [0.3, 0.4) is 0 Å². The number of rotatable bonds is 1. The van der Waals surface area contributed by atoms with E-state index in [1.54, 1.807) is 0 Å². The van der Waals surface area contributed by atoms with E-state index in [9.17, 15) is 4.79 Å². The monoisotopic (exact) mass is 455 g/mol. The number of halogens is 2. The van der Waals surface area contributed by atoms with Crippen LogP contribution in [0, 0.1) is 3.57 Å². The van der Waals surface area contributed by atoms with E-state index in [0.29, 0.717) is 13.1 Å². The molecule has 0 aliphatic carbocycles. The van der Waals surface area contributed by atoms with Crippen LogP contribution in [0.4, 0.5) is 4.79 Å². The first kappa shape index (κ1) is 16.1. The Morgan fingerprint density at radius 1 is 1.55 bits per heavy atom. The quantitative estimate of drug-likeness (QED) is 0.605. The molecule has 20 heavy (non-hydrogen) atoms. The molecule has 0 bridgehead atoms. The number of amides is 1. The molecule has 7 heteroatoms. The molecule has 0 spiro atoms. The highest BCUT2D eigenvalue weighted by Crippen LogP contribution is 2.29. The lowest BCUT2D eigenvalue weighted by molar-refractivity contribution is 0.00613. The van der Waals surface area contributed by atoms with Crippen molar-refractivity contribution < 1.29 is 9.53 Å². The molecule has 1 atom stereocenters. The summed E-state index contributed by atoms with van der Waals surface area (Å²) in [6.45, 7) is 9.01. The number of aromatic nitrogens is 2. The van der Waals surface area contributed by atoms with Gasteiger partial charge in [0.2, 0.25) is 0 Å². The maximum atomic E-state index is 12.4. The number of carbonyl (C=O) groups is 1. The average molecular weight is 456 g/mol. The molecule has 112 valence electrons. The fourth-order valence-corrected chi connectivity index (χ4v) is 3.19. The molecule has 1 aromatic rings. The number of fused-ring (bicyclic) bond motifs is 1. The van der Waals surface area contributed by atoms with E-state index in [1.165, 1.54) is 0 Å². The number of ether oxygens (including phenoxy) is 1. The van der Waals surface area contributed by atoms with E-state index in [-0.39, 0.29) is 12.1 Å². The number of hydrogen-bond donors (Lipinski definition) is 0. The fourth-order valence-electron chi connectivity index (χ4n) is 2.22. The largest absolute Gasteiger partial charge is 0.444 e. The first-order valence-corrected chi connectivity index (χ1v) is 8.50. The van der Waals surface area contributed by atoms with Crippen LogP contribution in [-0.2, 0) is 17.8 Å². The van der Waals surface area contributed by atoms with Crippen LogP contribution in [0.25, 0.3) is 0 Å². The SMILES string of the molecule is CCC1Cn2nc(Br)c(I)c2CN1C(=O)OC(C)(C)C. The van der Waals surface area contributed by atoms with Gasteiger partial charge in [-0.05, 0) is 65.7 Å². The molecule has 1 amide bonds. The summed E-state index contributed by atoms with van der Waals surface area (Å²) in [5.74, 6) is 0. The van der Waals surface area contributed by atoms with Crippen molar-refractivity contribution in [3.8, 4) is 0 Å². The molecule has 0 aromatic carbocycles. The Morgan fingerprint density at radius 2 is 2.20 bits per heavy atom. The number of carbonyl (C=O) groups excluding carboxylic acids is 1. The lowest BCUT2D eigenvalue weighted by Crippen LogP contribution is -2.48. The predicted molar refractivity (Wildman–Crippen MR) is 88.5 cm³/mol. The van der Waals surface area contributed by atoms with Crippen LogP contribution in [0.1, 0.15) is 39.8 Å². The summed E-state index contributed by atoms with van der Waals surface area (Å²) in [5, 5.41) is 4.46. The van der Waals surface area contributed by atoms with Crippen LogP contribution in [0.5, 0.6) is 0 Å². The lowest BCUT2D eigenvalue weighted by atomic mass is 10.1. The van der Waals surface area contributed by atoms with E-state index in [4.69, 9.17) is 4.74 Å². The average Bonchev–Trinajstić information content (AvgIpc) is 2.61. The summed E-state index contributed by atoms with van der Waals surface area (Å²) >= 11 is 5.70. The molecule has 1 aliphatic rings. The minimum absolute atomic E-state index is 0.125. The minimum Gasteiger partial charge on any atom is -0.444 e. The van der Waals surface area contributed by atoms with Crippen molar-refractivity contribution in [2.24, 2.45) is 0 Å². The molecule has 1 aromatic heterocycles. The third kappa shape index (κ3) is 3.29. The summed E-state index contributed by atoms with van der Waals surface area (Å²) in [6, 6.07) is 0.125.